The highest BCUT2D eigenvalue weighted by molar-refractivity contribution is 6.39. The van der Waals surface area contributed by atoms with E-state index in [1.165, 1.54) is 18.2 Å². The van der Waals surface area contributed by atoms with Crippen molar-refractivity contribution in [3.05, 3.63) is 106 Å². The van der Waals surface area contributed by atoms with Crippen molar-refractivity contribution in [1.29, 1.82) is 0 Å². The zero-order chi connectivity index (χ0) is 37.4. The maximum Gasteiger partial charge on any atom is 0.341 e. The van der Waals surface area contributed by atoms with Gasteiger partial charge in [-0.15, -0.1) is 0 Å². The van der Waals surface area contributed by atoms with Gasteiger partial charge in [0.25, 0.3) is 5.91 Å². The third-order valence-corrected chi connectivity index (χ3v) is 9.40. The number of benzene rings is 3. The first-order valence-electron chi connectivity index (χ1n) is 16.7. The summed E-state index contributed by atoms with van der Waals surface area (Å²) in [5, 5.41) is 20.5. The number of amides is 2. The molecule has 52 heavy (non-hydrogen) atoms. The Morgan fingerprint density at radius 3 is 2.35 bits per heavy atom. The van der Waals surface area contributed by atoms with E-state index in [-0.39, 0.29) is 46.7 Å². The van der Waals surface area contributed by atoms with Crippen LogP contribution in [0.4, 0.5) is 0 Å². The van der Waals surface area contributed by atoms with Gasteiger partial charge in [0.15, 0.2) is 12.4 Å². The number of aryl methyl sites for hydroxylation is 1. The lowest BCUT2D eigenvalue weighted by Gasteiger charge is -2.29. The quantitative estimate of drug-likeness (QED) is 0.106. The highest BCUT2D eigenvalue weighted by Crippen LogP contribution is 2.32. The Kier molecular flexibility index (Phi) is 12.3. The predicted octanol–water partition coefficient (Wildman–Crippen LogP) is 5.69. The first-order chi connectivity index (χ1) is 24.9. The van der Waals surface area contributed by atoms with E-state index in [2.05, 4.69) is 20.8 Å². The molecule has 1 unspecified atom stereocenters. The molecule has 12 nitrogen and oxygen atoms in total. The molecule has 3 aromatic carbocycles. The number of carboxylic acid groups (broad SMARTS) is 1. The van der Waals surface area contributed by atoms with Crippen LogP contribution in [-0.4, -0.2) is 69.6 Å². The highest BCUT2D eigenvalue weighted by Gasteiger charge is 2.49. The summed E-state index contributed by atoms with van der Waals surface area (Å²) < 4.78 is 5.12. The average Bonchev–Trinajstić information content (AvgIpc) is 3.73. The van der Waals surface area contributed by atoms with Crippen LogP contribution in [0.1, 0.15) is 54.6 Å². The largest absolute Gasteiger partial charge is 0.481 e. The lowest BCUT2D eigenvalue weighted by atomic mass is 9.84. The van der Waals surface area contributed by atoms with E-state index < -0.39 is 54.3 Å². The number of carbonyl (C=O) groups is 5. The van der Waals surface area contributed by atoms with Gasteiger partial charge < -0.3 is 30.3 Å². The molecule has 0 bridgehead atoms. The van der Waals surface area contributed by atoms with Gasteiger partial charge in [0, 0.05) is 36.4 Å². The molecule has 0 fully saturated rings. The summed E-state index contributed by atoms with van der Waals surface area (Å²) in [6.07, 6.45) is 1.76. The summed E-state index contributed by atoms with van der Waals surface area (Å²) >= 11 is 12.2. The van der Waals surface area contributed by atoms with Crippen LogP contribution in [0.5, 0.6) is 0 Å². The minimum Gasteiger partial charge on any atom is -0.481 e. The van der Waals surface area contributed by atoms with E-state index in [9.17, 15) is 29.1 Å². The van der Waals surface area contributed by atoms with Gasteiger partial charge in [-0.3, -0.25) is 19.2 Å². The normalized spacial score (nSPS) is 16.4. The summed E-state index contributed by atoms with van der Waals surface area (Å²) in [6, 6.07) is 19.0. The molecule has 1 aromatic heterocycles. The van der Waals surface area contributed by atoms with Gasteiger partial charge in [-0.25, -0.2) is 4.79 Å². The number of H-pyrrole nitrogens is 1. The number of carbonyl (C=O) groups excluding carboxylic acids is 4. The van der Waals surface area contributed by atoms with Gasteiger partial charge in [-0.2, -0.15) is 0 Å². The first-order valence-corrected chi connectivity index (χ1v) is 17.4. The number of ketones is 1. The number of aromatic nitrogens is 1. The van der Waals surface area contributed by atoms with Crippen LogP contribution in [0.2, 0.25) is 10.0 Å². The molecule has 4 aromatic rings. The number of oxime groups is 1. The molecule has 3 atom stereocenters. The molecule has 0 spiro atoms. The van der Waals surface area contributed by atoms with Crippen LogP contribution >= 0.6 is 23.2 Å². The molecule has 0 radical (unpaired) electrons. The maximum absolute atomic E-state index is 14.1. The Morgan fingerprint density at radius 1 is 0.962 bits per heavy atom. The molecule has 4 N–H and O–H groups in total. The second kappa shape index (κ2) is 16.9. The zero-order valence-corrected chi connectivity index (χ0v) is 30.0. The Morgan fingerprint density at radius 2 is 1.65 bits per heavy atom. The Bertz CT molecular complexity index is 1980. The molecule has 2 heterocycles. The van der Waals surface area contributed by atoms with Crippen LogP contribution in [0.25, 0.3) is 10.9 Å². The lowest BCUT2D eigenvalue weighted by Crippen LogP contribution is -2.55. The van der Waals surface area contributed by atoms with Crippen LogP contribution in [-0.2, 0) is 41.6 Å². The fraction of sp³-hybridized carbons (Fsp3) is 0.316. The van der Waals surface area contributed by atoms with Gasteiger partial charge in [-0.05, 0) is 41.7 Å². The van der Waals surface area contributed by atoms with E-state index in [4.69, 9.17) is 32.8 Å². The number of aliphatic carboxylic acids is 1. The van der Waals surface area contributed by atoms with Crippen LogP contribution in [0, 0.1) is 5.92 Å². The molecule has 1 aliphatic rings. The topological polar surface area (TPSA) is 176 Å². The highest BCUT2D eigenvalue weighted by atomic mass is 35.5. The molecule has 0 saturated carbocycles. The first kappa shape index (κ1) is 38.0. The van der Waals surface area contributed by atoms with Crippen molar-refractivity contribution < 1.29 is 38.7 Å². The van der Waals surface area contributed by atoms with Gasteiger partial charge in [0.1, 0.15) is 6.04 Å². The molecule has 272 valence electrons. The number of aromatic amines is 1. The number of hydrogen-bond donors (Lipinski definition) is 4. The number of Topliss-reactive ketones (excluding diaryl/α,β-unsaturated/α-hetero) is 1. The van der Waals surface area contributed by atoms with Crippen LogP contribution in [0.15, 0.2) is 84.1 Å². The Balaban J connectivity index is 1.30. The third-order valence-electron chi connectivity index (χ3n) is 8.77. The van der Waals surface area contributed by atoms with Crippen LogP contribution < -0.4 is 10.6 Å². The predicted molar refractivity (Wildman–Crippen MR) is 195 cm³/mol. The standard InChI is InChI=1S/C38H38Cl2N4O8/c1-22(2)35(43-32(46)16-15-24-20-41-28-14-7-6-11-25(24)28)30-19-38(52-44-30,18-23-9-4-3-5-10-23)37(50)42-29(17-33(47)48)31(45)21-51-36(49)34-26(39)12-8-13-27(34)40/h3-14,20,22,29,35,41H,15-19,21H2,1-2H3,(H,42,50)(H,43,46)(H,47,48)/t29-,35-,38?/m0/s1. The SMILES string of the molecule is CC(C)[C@H](NC(=O)CCc1c[nH]c2ccccc12)C1=NOC(Cc2ccccc2)(C(=O)N[C@@H](CC(=O)O)C(=O)COC(=O)c2c(Cl)cccc2Cl)C1. The van der Waals surface area contributed by atoms with Crippen molar-refractivity contribution in [3.63, 3.8) is 0 Å². The number of ether oxygens (including phenoxy) is 1. The number of carboxylic acids is 1. The van der Waals surface area contributed by atoms with Gasteiger partial charge >= 0.3 is 11.9 Å². The van der Waals surface area contributed by atoms with Gasteiger partial charge in [0.2, 0.25) is 11.5 Å². The summed E-state index contributed by atoms with van der Waals surface area (Å²) in [5.74, 6) is -4.41. The number of fused-ring (bicyclic) bond motifs is 1. The van der Waals surface area contributed by atoms with Crippen molar-refractivity contribution >= 4 is 69.4 Å². The van der Waals surface area contributed by atoms with E-state index >= 15 is 0 Å². The number of nitrogens with one attached hydrogen (secondary N) is 3. The summed E-state index contributed by atoms with van der Waals surface area (Å²) in [5.41, 5.74) is 1.27. The van der Waals surface area contributed by atoms with Crippen molar-refractivity contribution in [1.82, 2.24) is 15.6 Å². The van der Waals surface area contributed by atoms with Crippen molar-refractivity contribution in [2.45, 2.75) is 63.6 Å². The van der Waals surface area contributed by atoms with E-state index in [1.54, 1.807) is 24.3 Å². The maximum atomic E-state index is 14.1. The fourth-order valence-electron chi connectivity index (χ4n) is 6.07. The Hall–Kier alpha value is -5.20. The molecule has 5 rings (SSSR count). The Labute approximate surface area is 309 Å². The van der Waals surface area contributed by atoms with E-state index in [0.29, 0.717) is 17.7 Å². The third kappa shape index (κ3) is 9.17. The summed E-state index contributed by atoms with van der Waals surface area (Å²) in [4.78, 5) is 74.3. The number of nitrogens with zero attached hydrogens (tertiary/aromatic N) is 1. The van der Waals surface area contributed by atoms with E-state index in [1.807, 2.05) is 50.4 Å². The number of rotatable bonds is 16. The zero-order valence-electron chi connectivity index (χ0n) is 28.5. The second-order valence-electron chi connectivity index (χ2n) is 12.9. The van der Waals surface area contributed by atoms with Crippen molar-refractivity contribution in [3.8, 4) is 0 Å². The van der Waals surface area contributed by atoms with Crippen molar-refractivity contribution in [2.24, 2.45) is 11.1 Å². The lowest BCUT2D eigenvalue weighted by molar-refractivity contribution is -0.148. The van der Waals surface area contributed by atoms with Crippen LogP contribution in [0.3, 0.4) is 0 Å². The smallest absolute Gasteiger partial charge is 0.341 e. The molecular weight excluding hydrogens is 711 g/mol. The van der Waals surface area contributed by atoms with Gasteiger partial charge in [0.05, 0.1) is 33.8 Å². The molecule has 14 heteroatoms. The molecule has 1 aliphatic heterocycles. The number of esters is 1. The fourth-order valence-corrected chi connectivity index (χ4v) is 6.62. The minimum absolute atomic E-state index is 0.00236. The number of para-hydroxylation sites is 1. The second-order valence-corrected chi connectivity index (χ2v) is 13.7. The molecule has 0 aliphatic carbocycles. The minimum atomic E-state index is -1.70. The molecular formula is C38H38Cl2N4O8. The summed E-state index contributed by atoms with van der Waals surface area (Å²) in [7, 11) is 0. The molecule has 2 amide bonds. The average molecular weight is 750 g/mol. The van der Waals surface area contributed by atoms with Crippen molar-refractivity contribution in [2.75, 3.05) is 6.61 Å². The van der Waals surface area contributed by atoms with Gasteiger partial charge in [-0.1, -0.05) is 96.8 Å². The number of hydrogen-bond acceptors (Lipinski definition) is 8. The number of halogens is 2. The summed E-state index contributed by atoms with van der Waals surface area (Å²) in [6.45, 7) is 2.94. The van der Waals surface area contributed by atoms with E-state index in [0.717, 1.165) is 16.5 Å². The monoisotopic (exact) mass is 748 g/mol. The molecule has 0 saturated heterocycles.